The second-order valence-electron chi connectivity index (χ2n) is 4.51. The minimum atomic E-state index is -0.905. The standard InChI is InChI=1S/C15H20O3/c1-11(2)13-9-8-12(14(10-13)18-3)6-4-5-7-15(16)17/h5,7-11H,4,6H2,1-3H3,(H,16,17)/b7-5+. The van der Waals surface area contributed by atoms with Crippen LogP contribution in [-0.4, -0.2) is 18.2 Å². The number of hydrogen-bond donors (Lipinski definition) is 1. The predicted octanol–water partition coefficient (Wildman–Crippen LogP) is 3.39. The second-order valence-corrected chi connectivity index (χ2v) is 4.51. The van der Waals surface area contributed by atoms with E-state index in [0.29, 0.717) is 12.3 Å². The highest BCUT2D eigenvalue weighted by Gasteiger charge is 2.06. The molecule has 0 aliphatic heterocycles. The number of rotatable bonds is 6. The molecule has 0 saturated carbocycles. The number of aliphatic carboxylic acids is 1. The summed E-state index contributed by atoms with van der Waals surface area (Å²) in [5, 5.41) is 8.50. The molecule has 0 bridgehead atoms. The minimum absolute atomic E-state index is 0.472. The first kappa shape index (κ1) is 14.3. The lowest BCUT2D eigenvalue weighted by molar-refractivity contribution is -0.131. The first-order valence-corrected chi connectivity index (χ1v) is 6.11. The number of aryl methyl sites for hydroxylation is 1. The van der Waals surface area contributed by atoms with Crippen LogP contribution in [0.3, 0.4) is 0 Å². The number of ether oxygens (including phenoxy) is 1. The molecule has 0 aliphatic rings. The summed E-state index contributed by atoms with van der Waals surface area (Å²) in [4.78, 5) is 10.3. The van der Waals surface area contributed by atoms with E-state index in [-0.39, 0.29) is 0 Å². The monoisotopic (exact) mass is 248 g/mol. The van der Waals surface area contributed by atoms with Gasteiger partial charge in [-0.2, -0.15) is 0 Å². The van der Waals surface area contributed by atoms with Gasteiger partial charge in [-0.15, -0.1) is 0 Å². The number of allylic oxidation sites excluding steroid dienone is 1. The molecule has 1 aromatic rings. The minimum Gasteiger partial charge on any atom is -0.496 e. The van der Waals surface area contributed by atoms with E-state index in [4.69, 9.17) is 9.84 Å². The first-order chi connectivity index (χ1) is 8.54. The molecule has 18 heavy (non-hydrogen) atoms. The Hall–Kier alpha value is -1.77. The quantitative estimate of drug-likeness (QED) is 0.785. The van der Waals surface area contributed by atoms with E-state index < -0.39 is 5.97 Å². The summed E-state index contributed by atoms with van der Waals surface area (Å²) in [6.45, 7) is 4.29. The van der Waals surface area contributed by atoms with Crippen LogP contribution in [-0.2, 0) is 11.2 Å². The molecule has 3 nitrogen and oxygen atoms in total. The number of carboxylic acid groups (broad SMARTS) is 1. The second kappa shape index (κ2) is 6.84. The van der Waals surface area contributed by atoms with Gasteiger partial charge in [-0.3, -0.25) is 0 Å². The molecule has 1 rings (SSSR count). The van der Waals surface area contributed by atoms with Crippen LogP contribution in [0.5, 0.6) is 5.75 Å². The van der Waals surface area contributed by atoms with Crippen molar-refractivity contribution in [3.05, 3.63) is 41.5 Å². The van der Waals surface area contributed by atoms with Crippen LogP contribution in [0, 0.1) is 0 Å². The molecule has 0 fully saturated rings. The molecular weight excluding hydrogens is 228 g/mol. The lowest BCUT2D eigenvalue weighted by Crippen LogP contribution is -1.95. The first-order valence-electron chi connectivity index (χ1n) is 6.11. The van der Waals surface area contributed by atoms with Gasteiger partial charge in [0.1, 0.15) is 5.75 Å². The summed E-state index contributed by atoms with van der Waals surface area (Å²) in [5.74, 6) is 0.446. The van der Waals surface area contributed by atoms with E-state index in [1.165, 1.54) is 11.6 Å². The van der Waals surface area contributed by atoms with Crippen molar-refractivity contribution < 1.29 is 14.6 Å². The fourth-order valence-corrected chi connectivity index (χ4v) is 1.75. The Morgan fingerprint density at radius 1 is 1.44 bits per heavy atom. The molecule has 0 aromatic heterocycles. The highest BCUT2D eigenvalue weighted by Crippen LogP contribution is 2.25. The van der Waals surface area contributed by atoms with Crippen LogP contribution in [0.1, 0.15) is 37.3 Å². The van der Waals surface area contributed by atoms with E-state index in [0.717, 1.165) is 17.7 Å². The van der Waals surface area contributed by atoms with Crippen molar-refractivity contribution in [3.8, 4) is 5.75 Å². The van der Waals surface area contributed by atoms with E-state index in [1.807, 2.05) is 0 Å². The Labute approximate surface area is 108 Å². The number of carbonyl (C=O) groups is 1. The molecule has 0 heterocycles. The van der Waals surface area contributed by atoms with Gasteiger partial charge in [0.25, 0.3) is 0 Å². The van der Waals surface area contributed by atoms with Crippen LogP contribution < -0.4 is 4.74 Å². The van der Waals surface area contributed by atoms with Crippen molar-refractivity contribution in [1.82, 2.24) is 0 Å². The predicted molar refractivity (Wildman–Crippen MR) is 72.2 cm³/mol. The Balaban J connectivity index is 2.73. The third-order valence-electron chi connectivity index (χ3n) is 2.82. The lowest BCUT2D eigenvalue weighted by Gasteiger charge is -2.12. The summed E-state index contributed by atoms with van der Waals surface area (Å²) in [7, 11) is 1.66. The molecule has 0 unspecified atom stereocenters. The summed E-state index contributed by atoms with van der Waals surface area (Å²) in [6.07, 6.45) is 4.32. The number of carboxylic acids is 1. The highest BCUT2D eigenvalue weighted by molar-refractivity contribution is 5.79. The Kier molecular flexibility index (Phi) is 5.43. The number of hydrogen-bond acceptors (Lipinski definition) is 2. The van der Waals surface area contributed by atoms with Gasteiger partial charge in [0.15, 0.2) is 0 Å². The van der Waals surface area contributed by atoms with Gasteiger partial charge in [0.2, 0.25) is 0 Å². The van der Waals surface area contributed by atoms with E-state index in [9.17, 15) is 4.79 Å². The van der Waals surface area contributed by atoms with Crippen molar-refractivity contribution in [2.75, 3.05) is 7.11 Å². The molecule has 0 aliphatic carbocycles. The molecular formula is C15H20O3. The average Bonchev–Trinajstić information content (AvgIpc) is 2.34. The van der Waals surface area contributed by atoms with Crippen LogP contribution in [0.25, 0.3) is 0 Å². The normalized spacial score (nSPS) is 11.1. The molecule has 3 heteroatoms. The van der Waals surface area contributed by atoms with Crippen LogP contribution in [0.4, 0.5) is 0 Å². The fourth-order valence-electron chi connectivity index (χ4n) is 1.75. The van der Waals surface area contributed by atoms with Crippen LogP contribution in [0.2, 0.25) is 0 Å². The van der Waals surface area contributed by atoms with Crippen LogP contribution >= 0.6 is 0 Å². The summed E-state index contributed by atoms with van der Waals surface area (Å²) in [5.41, 5.74) is 2.36. The maximum Gasteiger partial charge on any atom is 0.327 e. The van der Waals surface area contributed by atoms with E-state index in [2.05, 4.69) is 32.0 Å². The van der Waals surface area contributed by atoms with Gasteiger partial charge in [-0.1, -0.05) is 32.1 Å². The zero-order valence-electron chi connectivity index (χ0n) is 11.1. The van der Waals surface area contributed by atoms with Gasteiger partial charge in [-0.05, 0) is 36.0 Å². The summed E-state index contributed by atoms with van der Waals surface area (Å²) in [6, 6.07) is 6.22. The van der Waals surface area contributed by atoms with Gasteiger partial charge < -0.3 is 9.84 Å². The third-order valence-corrected chi connectivity index (χ3v) is 2.82. The maximum atomic E-state index is 10.3. The van der Waals surface area contributed by atoms with Gasteiger partial charge in [-0.25, -0.2) is 4.79 Å². The van der Waals surface area contributed by atoms with Crippen molar-refractivity contribution in [3.63, 3.8) is 0 Å². The Bertz CT molecular complexity index is 433. The molecule has 0 saturated heterocycles. The fraction of sp³-hybridized carbons (Fsp3) is 0.400. The number of benzene rings is 1. The van der Waals surface area contributed by atoms with Gasteiger partial charge >= 0.3 is 5.97 Å². The van der Waals surface area contributed by atoms with Gasteiger partial charge in [0, 0.05) is 6.08 Å². The summed E-state index contributed by atoms with van der Waals surface area (Å²) >= 11 is 0. The largest absolute Gasteiger partial charge is 0.496 e. The molecule has 0 atom stereocenters. The smallest absolute Gasteiger partial charge is 0.327 e. The van der Waals surface area contributed by atoms with Gasteiger partial charge in [0.05, 0.1) is 7.11 Å². The van der Waals surface area contributed by atoms with Crippen LogP contribution in [0.15, 0.2) is 30.4 Å². The zero-order valence-corrected chi connectivity index (χ0v) is 11.1. The molecule has 0 amide bonds. The lowest BCUT2D eigenvalue weighted by atomic mass is 9.99. The van der Waals surface area contributed by atoms with Crippen molar-refractivity contribution in [1.29, 1.82) is 0 Å². The van der Waals surface area contributed by atoms with Crippen molar-refractivity contribution in [2.45, 2.75) is 32.6 Å². The zero-order chi connectivity index (χ0) is 13.5. The molecule has 98 valence electrons. The molecule has 1 N–H and O–H groups in total. The topological polar surface area (TPSA) is 46.5 Å². The molecule has 0 radical (unpaired) electrons. The SMILES string of the molecule is COc1cc(C(C)C)ccc1CC/C=C/C(=O)O. The third kappa shape index (κ3) is 4.24. The average molecular weight is 248 g/mol. The van der Waals surface area contributed by atoms with E-state index in [1.54, 1.807) is 13.2 Å². The maximum absolute atomic E-state index is 10.3. The number of methoxy groups -OCH3 is 1. The van der Waals surface area contributed by atoms with Crippen molar-refractivity contribution >= 4 is 5.97 Å². The highest BCUT2D eigenvalue weighted by atomic mass is 16.5. The Morgan fingerprint density at radius 3 is 2.72 bits per heavy atom. The Morgan fingerprint density at radius 2 is 2.17 bits per heavy atom. The van der Waals surface area contributed by atoms with E-state index >= 15 is 0 Å². The molecule has 0 spiro atoms. The van der Waals surface area contributed by atoms with Crippen molar-refractivity contribution in [2.24, 2.45) is 0 Å². The molecule has 1 aromatic carbocycles. The summed E-state index contributed by atoms with van der Waals surface area (Å²) < 4.78 is 5.37.